The van der Waals surface area contributed by atoms with Crippen LogP contribution in [0.2, 0.25) is 5.28 Å². The van der Waals surface area contributed by atoms with Crippen molar-refractivity contribution in [3.8, 4) is 5.75 Å². The van der Waals surface area contributed by atoms with Crippen LogP contribution in [0.1, 0.15) is 0 Å². The van der Waals surface area contributed by atoms with E-state index in [2.05, 4.69) is 9.97 Å². The lowest BCUT2D eigenvalue weighted by atomic mass is 10.4. The van der Waals surface area contributed by atoms with E-state index in [0.717, 1.165) is 0 Å². The molecule has 0 saturated carbocycles. The molecule has 1 fully saturated rings. The fourth-order valence-corrected chi connectivity index (χ4v) is 1.52. The molecule has 0 unspecified atom stereocenters. The number of nitrogens with zero attached hydrogens (tertiary/aromatic N) is 3. The summed E-state index contributed by atoms with van der Waals surface area (Å²) < 4.78 is 10.4. The second-order valence-electron chi connectivity index (χ2n) is 3.47. The van der Waals surface area contributed by atoms with Gasteiger partial charge in [0.05, 0.1) is 25.6 Å². The van der Waals surface area contributed by atoms with E-state index in [1.807, 2.05) is 0 Å². The SMILES string of the molecule is O=C(COc1cnc(Cl)nc1)N1CCOCC1. The van der Waals surface area contributed by atoms with Crippen molar-refractivity contribution in [1.29, 1.82) is 0 Å². The van der Waals surface area contributed by atoms with Crippen LogP contribution in [0, 0.1) is 0 Å². The number of ether oxygens (including phenoxy) is 2. The maximum atomic E-state index is 11.7. The molecule has 1 aromatic heterocycles. The van der Waals surface area contributed by atoms with Crippen LogP contribution < -0.4 is 4.74 Å². The first-order chi connectivity index (χ1) is 8.25. The number of rotatable bonds is 3. The average molecular weight is 258 g/mol. The van der Waals surface area contributed by atoms with Crippen LogP contribution in [0.5, 0.6) is 5.75 Å². The minimum absolute atomic E-state index is 0.0228. The lowest BCUT2D eigenvalue weighted by Crippen LogP contribution is -2.42. The van der Waals surface area contributed by atoms with Gasteiger partial charge in [-0.1, -0.05) is 0 Å². The highest BCUT2D eigenvalue weighted by Crippen LogP contribution is 2.09. The van der Waals surface area contributed by atoms with Crippen molar-refractivity contribution >= 4 is 17.5 Å². The zero-order chi connectivity index (χ0) is 12.1. The van der Waals surface area contributed by atoms with Crippen molar-refractivity contribution in [2.75, 3.05) is 32.9 Å². The fraction of sp³-hybridized carbons (Fsp3) is 0.500. The van der Waals surface area contributed by atoms with Gasteiger partial charge in [-0.3, -0.25) is 4.79 Å². The third-order valence-electron chi connectivity index (χ3n) is 2.32. The first kappa shape index (κ1) is 12.1. The summed E-state index contributed by atoms with van der Waals surface area (Å²) in [5.41, 5.74) is 0. The van der Waals surface area contributed by atoms with Crippen LogP contribution in [0.3, 0.4) is 0 Å². The van der Waals surface area contributed by atoms with Gasteiger partial charge >= 0.3 is 0 Å². The van der Waals surface area contributed by atoms with Crippen molar-refractivity contribution in [2.45, 2.75) is 0 Å². The Labute approximate surface area is 104 Å². The lowest BCUT2D eigenvalue weighted by Gasteiger charge is -2.26. The Morgan fingerprint density at radius 1 is 1.41 bits per heavy atom. The maximum absolute atomic E-state index is 11.7. The zero-order valence-electron chi connectivity index (χ0n) is 9.13. The van der Waals surface area contributed by atoms with Gasteiger partial charge in [-0.05, 0) is 11.6 Å². The van der Waals surface area contributed by atoms with E-state index in [1.54, 1.807) is 4.90 Å². The predicted molar refractivity (Wildman–Crippen MR) is 59.9 cm³/mol. The van der Waals surface area contributed by atoms with Gasteiger partial charge in [-0.15, -0.1) is 0 Å². The van der Waals surface area contributed by atoms with E-state index >= 15 is 0 Å². The highest BCUT2D eigenvalue weighted by molar-refractivity contribution is 6.28. The molecule has 0 atom stereocenters. The van der Waals surface area contributed by atoms with Crippen LogP contribution >= 0.6 is 11.6 Å². The molecule has 92 valence electrons. The molecule has 6 nitrogen and oxygen atoms in total. The summed E-state index contributed by atoms with van der Waals surface area (Å²) in [6.45, 7) is 2.36. The van der Waals surface area contributed by atoms with Gasteiger partial charge in [0.1, 0.15) is 0 Å². The highest BCUT2D eigenvalue weighted by Gasteiger charge is 2.17. The van der Waals surface area contributed by atoms with Gasteiger partial charge in [0.25, 0.3) is 5.91 Å². The molecule has 17 heavy (non-hydrogen) atoms. The molecule has 1 aromatic rings. The lowest BCUT2D eigenvalue weighted by molar-refractivity contribution is -0.137. The minimum Gasteiger partial charge on any atom is -0.481 e. The number of carbonyl (C=O) groups is 1. The Hall–Kier alpha value is -1.40. The van der Waals surface area contributed by atoms with Gasteiger partial charge in [-0.2, -0.15) is 0 Å². The van der Waals surface area contributed by atoms with Crippen molar-refractivity contribution in [3.05, 3.63) is 17.7 Å². The van der Waals surface area contributed by atoms with E-state index in [4.69, 9.17) is 21.1 Å². The van der Waals surface area contributed by atoms with Crippen molar-refractivity contribution in [3.63, 3.8) is 0 Å². The van der Waals surface area contributed by atoms with Gasteiger partial charge in [0.15, 0.2) is 12.4 Å². The number of halogens is 1. The number of amides is 1. The first-order valence-electron chi connectivity index (χ1n) is 5.21. The number of carbonyl (C=O) groups excluding carboxylic acids is 1. The van der Waals surface area contributed by atoms with Gasteiger partial charge in [0.2, 0.25) is 5.28 Å². The zero-order valence-corrected chi connectivity index (χ0v) is 9.89. The first-order valence-corrected chi connectivity index (χ1v) is 5.59. The molecule has 0 N–H and O–H groups in total. The third kappa shape index (κ3) is 3.54. The highest BCUT2D eigenvalue weighted by atomic mass is 35.5. The minimum atomic E-state index is -0.0664. The third-order valence-corrected chi connectivity index (χ3v) is 2.52. The second-order valence-corrected chi connectivity index (χ2v) is 3.81. The number of hydrogen-bond acceptors (Lipinski definition) is 5. The van der Waals surface area contributed by atoms with Gasteiger partial charge in [0, 0.05) is 13.1 Å². The quantitative estimate of drug-likeness (QED) is 0.732. The molecule has 2 heterocycles. The molecule has 1 aliphatic rings. The molecule has 1 aliphatic heterocycles. The summed E-state index contributed by atoms with van der Waals surface area (Å²) >= 11 is 5.53. The molecule has 0 spiro atoms. The van der Waals surface area contributed by atoms with Crippen LogP contribution in [0.25, 0.3) is 0 Å². The number of hydrogen-bond donors (Lipinski definition) is 0. The van der Waals surface area contributed by atoms with E-state index in [1.165, 1.54) is 12.4 Å². The monoisotopic (exact) mass is 257 g/mol. The smallest absolute Gasteiger partial charge is 0.260 e. The summed E-state index contributed by atoms with van der Waals surface area (Å²) in [6.07, 6.45) is 2.86. The van der Waals surface area contributed by atoms with Crippen LogP contribution in [0.15, 0.2) is 12.4 Å². The Bertz CT molecular complexity index is 379. The van der Waals surface area contributed by atoms with E-state index in [9.17, 15) is 4.79 Å². The van der Waals surface area contributed by atoms with Gasteiger partial charge < -0.3 is 14.4 Å². The summed E-state index contributed by atoms with van der Waals surface area (Å²) in [4.78, 5) is 20.9. The fourth-order valence-electron chi connectivity index (χ4n) is 1.42. The molecule has 7 heteroatoms. The predicted octanol–water partition coefficient (Wildman–Crippen LogP) is 0.368. The molecule has 2 rings (SSSR count). The number of aromatic nitrogens is 2. The summed E-state index contributed by atoms with van der Waals surface area (Å²) in [5, 5.41) is 0.150. The van der Waals surface area contributed by atoms with Crippen LogP contribution in [-0.4, -0.2) is 53.7 Å². The standard InChI is InChI=1S/C10H12ClN3O3/c11-10-12-5-8(6-13-10)17-7-9(15)14-1-3-16-4-2-14/h5-6H,1-4,7H2. The molecule has 0 aromatic carbocycles. The van der Waals surface area contributed by atoms with Crippen LogP contribution in [0.4, 0.5) is 0 Å². The van der Waals surface area contributed by atoms with Crippen molar-refractivity contribution in [2.24, 2.45) is 0 Å². The summed E-state index contributed by atoms with van der Waals surface area (Å²) in [6, 6.07) is 0. The largest absolute Gasteiger partial charge is 0.481 e. The van der Waals surface area contributed by atoms with E-state index in [-0.39, 0.29) is 17.8 Å². The molecule has 0 bridgehead atoms. The molecular weight excluding hydrogens is 246 g/mol. The van der Waals surface area contributed by atoms with E-state index < -0.39 is 0 Å². The molecule has 1 saturated heterocycles. The Balaban J connectivity index is 1.81. The summed E-state index contributed by atoms with van der Waals surface area (Å²) in [7, 11) is 0. The summed E-state index contributed by atoms with van der Waals surface area (Å²) in [5.74, 6) is 0.360. The Kier molecular flexibility index (Phi) is 4.11. The normalized spacial score (nSPS) is 15.7. The van der Waals surface area contributed by atoms with Crippen LogP contribution in [-0.2, 0) is 9.53 Å². The average Bonchev–Trinajstić information content (AvgIpc) is 2.39. The topological polar surface area (TPSA) is 64.5 Å². The second kappa shape index (κ2) is 5.79. The Morgan fingerprint density at radius 3 is 2.71 bits per heavy atom. The van der Waals surface area contributed by atoms with Crippen molar-refractivity contribution < 1.29 is 14.3 Å². The van der Waals surface area contributed by atoms with Gasteiger partial charge in [-0.25, -0.2) is 9.97 Å². The molecular formula is C10H12ClN3O3. The Morgan fingerprint density at radius 2 is 2.06 bits per heavy atom. The van der Waals surface area contributed by atoms with Crippen molar-refractivity contribution in [1.82, 2.24) is 14.9 Å². The molecule has 0 aliphatic carbocycles. The number of morpholine rings is 1. The maximum Gasteiger partial charge on any atom is 0.260 e. The van der Waals surface area contributed by atoms with E-state index in [0.29, 0.717) is 32.1 Å². The molecule has 1 amide bonds. The molecule has 0 radical (unpaired) electrons.